The van der Waals surface area contributed by atoms with Crippen LogP contribution in [0.5, 0.6) is 0 Å². The average molecular weight is 570 g/mol. The number of hydrogen-bond donors (Lipinski definition) is 0. The first-order chi connectivity index (χ1) is 12.2. The molecule has 126 valence electrons. The molecule has 3 aromatic rings. The van der Waals surface area contributed by atoms with Crippen LogP contribution < -0.4 is 10.6 Å². The minimum absolute atomic E-state index is 0.826. The van der Waals surface area contributed by atoms with Crippen LogP contribution in [0.15, 0.2) is 94.6 Å². The molecule has 3 aromatic carbocycles. The molecule has 0 saturated heterocycles. The number of hydrogen-bond acceptors (Lipinski definition) is 1. The summed E-state index contributed by atoms with van der Waals surface area (Å²) in [6, 6.07) is 29.8. The summed E-state index contributed by atoms with van der Waals surface area (Å²) < 4.78 is 16.6. The number of halogens is 2. The Morgan fingerprint density at radius 3 is 1.52 bits per heavy atom. The molecule has 0 radical (unpaired) electrons. The van der Waals surface area contributed by atoms with Gasteiger partial charge in [-0.25, -0.2) is 0 Å². The molecule has 0 unspecified atom stereocenters. The first-order valence-corrected chi connectivity index (χ1v) is 12.2. The van der Waals surface area contributed by atoms with E-state index in [2.05, 4.69) is 57.3 Å². The van der Waals surface area contributed by atoms with E-state index in [9.17, 15) is 4.57 Å². The van der Waals surface area contributed by atoms with Crippen molar-refractivity contribution in [2.24, 2.45) is 0 Å². The van der Waals surface area contributed by atoms with Gasteiger partial charge in [-0.2, -0.15) is 0 Å². The van der Waals surface area contributed by atoms with Crippen molar-refractivity contribution >= 4 is 68.2 Å². The summed E-state index contributed by atoms with van der Waals surface area (Å²) >= 11 is 4.70. The molecule has 0 fully saturated rings. The Balaban J connectivity index is 2.36. The van der Waals surface area contributed by atoms with Gasteiger partial charge in [-0.15, -0.1) is 0 Å². The molecule has 0 aliphatic rings. The molecular formula is C21H17I2OP. The third kappa shape index (κ3) is 3.93. The van der Waals surface area contributed by atoms with E-state index in [1.54, 1.807) is 0 Å². The van der Waals surface area contributed by atoms with Gasteiger partial charge < -0.3 is 4.57 Å². The van der Waals surface area contributed by atoms with Crippen LogP contribution in [0.2, 0.25) is 0 Å². The molecule has 0 atom stereocenters. The van der Waals surface area contributed by atoms with Crippen molar-refractivity contribution in [2.75, 3.05) is 4.43 Å². The fraction of sp³-hybridized carbons (Fsp3) is 0.0476. The molecule has 0 aliphatic carbocycles. The number of rotatable bonds is 5. The van der Waals surface area contributed by atoms with Crippen LogP contribution in [0, 0.1) is 0 Å². The maximum atomic E-state index is 14.7. The number of benzene rings is 3. The van der Waals surface area contributed by atoms with E-state index in [4.69, 9.17) is 0 Å². The van der Waals surface area contributed by atoms with Crippen molar-refractivity contribution in [1.82, 2.24) is 0 Å². The molecule has 0 aliphatic heterocycles. The molecule has 4 heteroatoms. The van der Waals surface area contributed by atoms with Crippen molar-refractivity contribution < 1.29 is 4.57 Å². The topological polar surface area (TPSA) is 17.1 Å². The van der Waals surface area contributed by atoms with Crippen molar-refractivity contribution in [3.8, 4) is 0 Å². The second kappa shape index (κ2) is 8.65. The van der Waals surface area contributed by atoms with Crippen molar-refractivity contribution in [1.29, 1.82) is 0 Å². The molecule has 0 bridgehead atoms. The van der Waals surface area contributed by atoms with E-state index in [-0.39, 0.29) is 0 Å². The highest BCUT2D eigenvalue weighted by atomic mass is 127. The summed E-state index contributed by atoms with van der Waals surface area (Å²) in [5.74, 6) is 0. The lowest BCUT2D eigenvalue weighted by atomic mass is 10.2. The van der Waals surface area contributed by atoms with Crippen molar-refractivity contribution in [3.63, 3.8) is 0 Å². The predicted octanol–water partition coefficient (Wildman–Crippen LogP) is 6.24. The maximum Gasteiger partial charge on any atom is 0.172 e. The van der Waals surface area contributed by atoms with Crippen LogP contribution in [-0.4, -0.2) is 4.43 Å². The zero-order valence-corrected chi connectivity index (χ0v) is 18.7. The number of allylic oxidation sites excluding steroid dienone is 1. The highest BCUT2D eigenvalue weighted by Crippen LogP contribution is 2.58. The van der Waals surface area contributed by atoms with Gasteiger partial charge in [0.1, 0.15) is 0 Å². The van der Waals surface area contributed by atoms with Gasteiger partial charge in [0.25, 0.3) is 0 Å². The van der Waals surface area contributed by atoms with Crippen LogP contribution in [0.3, 0.4) is 0 Å². The van der Waals surface area contributed by atoms with E-state index in [0.717, 1.165) is 29.5 Å². The lowest BCUT2D eigenvalue weighted by Crippen LogP contribution is -2.17. The summed E-state index contributed by atoms with van der Waals surface area (Å²) in [7, 11) is -2.96. The van der Waals surface area contributed by atoms with E-state index in [0.29, 0.717) is 0 Å². The summed E-state index contributed by atoms with van der Waals surface area (Å²) in [6.07, 6.45) is 0. The third-order valence-electron chi connectivity index (χ3n) is 3.98. The van der Waals surface area contributed by atoms with Gasteiger partial charge in [0.15, 0.2) is 7.14 Å². The monoisotopic (exact) mass is 570 g/mol. The van der Waals surface area contributed by atoms with Gasteiger partial charge >= 0.3 is 0 Å². The van der Waals surface area contributed by atoms with Crippen LogP contribution in [0.25, 0.3) is 5.31 Å². The van der Waals surface area contributed by atoms with E-state index in [1.165, 1.54) is 0 Å². The lowest BCUT2D eigenvalue weighted by Gasteiger charge is -2.24. The normalized spacial score (nSPS) is 12.6. The van der Waals surface area contributed by atoms with Crippen LogP contribution in [-0.2, 0) is 4.57 Å². The van der Waals surface area contributed by atoms with Gasteiger partial charge in [0, 0.05) is 23.9 Å². The first-order valence-electron chi connectivity index (χ1n) is 7.90. The second-order valence-corrected chi connectivity index (χ2v) is 10.3. The fourth-order valence-corrected chi connectivity index (χ4v) is 7.80. The Hall–Kier alpha value is -0.910. The highest BCUT2D eigenvalue weighted by molar-refractivity contribution is 14.1. The quantitative estimate of drug-likeness (QED) is 0.202. The molecule has 25 heavy (non-hydrogen) atoms. The van der Waals surface area contributed by atoms with Crippen LogP contribution >= 0.6 is 52.3 Å². The molecule has 0 spiro atoms. The lowest BCUT2D eigenvalue weighted by molar-refractivity contribution is 0.593. The summed E-state index contributed by atoms with van der Waals surface area (Å²) in [5.41, 5.74) is 1.03. The van der Waals surface area contributed by atoms with Crippen molar-refractivity contribution in [2.45, 2.75) is 0 Å². The van der Waals surface area contributed by atoms with Gasteiger partial charge in [-0.3, -0.25) is 0 Å². The fourth-order valence-electron chi connectivity index (χ4n) is 2.85. The Morgan fingerprint density at radius 2 is 1.12 bits per heavy atom. The minimum Gasteiger partial charge on any atom is -0.309 e. The van der Waals surface area contributed by atoms with Gasteiger partial charge in [0.2, 0.25) is 0 Å². The Kier molecular flexibility index (Phi) is 6.53. The first kappa shape index (κ1) is 18.9. The minimum atomic E-state index is -2.96. The number of alkyl halides is 1. The molecule has 1 nitrogen and oxygen atoms in total. The Labute approximate surface area is 176 Å². The SMILES string of the molecule is O=P(/C(=C(/I)CI)c1ccccc1)(c1ccccc1)c1ccccc1. The zero-order chi connectivity index (χ0) is 17.7. The summed E-state index contributed by atoms with van der Waals surface area (Å²) in [4.78, 5) is 0. The standard InChI is InChI=1S/C21H17I2OP/c22-16-20(23)21(17-10-4-1-5-11-17)25(24,18-12-6-2-7-13-18)19-14-8-3-9-15-19/h1-15H,16H2/b21-20+. The zero-order valence-electron chi connectivity index (χ0n) is 13.5. The van der Waals surface area contributed by atoms with Crippen LogP contribution in [0.1, 0.15) is 5.56 Å². The van der Waals surface area contributed by atoms with E-state index in [1.807, 2.05) is 78.9 Å². The molecule has 0 N–H and O–H groups in total. The molecule has 3 rings (SSSR count). The van der Waals surface area contributed by atoms with Crippen LogP contribution in [0.4, 0.5) is 0 Å². The highest BCUT2D eigenvalue weighted by Gasteiger charge is 2.34. The van der Waals surface area contributed by atoms with Gasteiger partial charge in [-0.1, -0.05) is 114 Å². The predicted molar refractivity (Wildman–Crippen MR) is 126 cm³/mol. The summed E-state index contributed by atoms with van der Waals surface area (Å²) in [6.45, 7) is 0. The largest absolute Gasteiger partial charge is 0.309 e. The summed E-state index contributed by atoms with van der Waals surface area (Å²) in [5, 5.41) is 2.69. The molecule has 0 heterocycles. The third-order valence-corrected chi connectivity index (χ3v) is 10.8. The van der Waals surface area contributed by atoms with Crippen molar-refractivity contribution in [3.05, 3.63) is 100 Å². The average Bonchev–Trinajstić information content (AvgIpc) is 2.70. The molecule has 0 saturated carbocycles. The molecular weight excluding hydrogens is 553 g/mol. The van der Waals surface area contributed by atoms with E-state index >= 15 is 0 Å². The smallest absolute Gasteiger partial charge is 0.172 e. The molecule has 0 amide bonds. The molecule has 0 aromatic heterocycles. The van der Waals surface area contributed by atoms with Gasteiger partial charge in [0.05, 0.1) is 0 Å². The Morgan fingerprint density at radius 1 is 0.720 bits per heavy atom. The van der Waals surface area contributed by atoms with E-state index < -0.39 is 7.14 Å². The Bertz CT molecular complexity index is 863. The second-order valence-electron chi connectivity index (χ2n) is 5.53. The maximum absolute atomic E-state index is 14.7. The van der Waals surface area contributed by atoms with Gasteiger partial charge in [-0.05, 0) is 28.2 Å².